The van der Waals surface area contributed by atoms with Crippen LogP contribution < -0.4 is 0 Å². The summed E-state index contributed by atoms with van der Waals surface area (Å²) in [5.41, 5.74) is 6.14. The number of benzene rings is 2. The molecule has 5 rings (SSSR count). The molecular formula is C35H36N2O3. The van der Waals surface area contributed by atoms with Gasteiger partial charge in [-0.2, -0.15) is 0 Å². The van der Waals surface area contributed by atoms with Crippen LogP contribution in [0.5, 0.6) is 0 Å². The molecule has 0 saturated heterocycles. The monoisotopic (exact) mass is 532 g/mol. The van der Waals surface area contributed by atoms with Crippen LogP contribution in [0.15, 0.2) is 89.1 Å². The highest BCUT2D eigenvalue weighted by molar-refractivity contribution is 6.12. The summed E-state index contributed by atoms with van der Waals surface area (Å²) < 4.78 is 5.83. The topological polar surface area (TPSA) is 59.0 Å². The lowest BCUT2D eigenvalue weighted by molar-refractivity contribution is -0.140. The zero-order valence-electron chi connectivity index (χ0n) is 23.7. The van der Waals surface area contributed by atoms with Gasteiger partial charge in [0.05, 0.1) is 11.5 Å². The number of Topliss-reactive ketones (excluding diaryl/α,β-unsaturated/α-hetero) is 1. The minimum absolute atomic E-state index is 0.140. The third-order valence-corrected chi connectivity index (χ3v) is 7.84. The average molecular weight is 533 g/mol. The van der Waals surface area contributed by atoms with E-state index >= 15 is 0 Å². The van der Waals surface area contributed by atoms with Crippen molar-refractivity contribution in [2.24, 2.45) is 16.3 Å². The first-order valence-electron chi connectivity index (χ1n) is 13.9. The molecule has 5 nitrogen and oxygen atoms in total. The summed E-state index contributed by atoms with van der Waals surface area (Å²) in [5, 5.41) is 0. The summed E-state index contributed by atoms with van der Waals surface area (Å²) in [6.07, 6.45) is 1.21. The van der Waals surface area contributed by atoms with Gasteiger partial charge in [0.15, 0.2) is 0 Å². The Labute approximate surface area is 237 Å². The van der Waals surface area contributed by atoms with Crippen molar-refractivity contribution in [3.63, 3.8) is 0 Å². The van der Waals surface area contributed by atoms with Crippen LogP contribution in [-0.2, 0) is 20.9 Å². The Morgan fingerprint density at radius 1 is 1.00 bits per heavy atom. The zero-order valence-corrected chi connectivity index (χ0v) is 23.7. The fourth-order valence-electron chi connectivity index (χ4n) is 5.97. The molecule has 1 aliphatic heterocycles. The summed E-state index contributed by atoms with van der Waals surface area (Å²) in [6, 6.07) is 30.0. The maximum atomic E-state index is 13.6. The molecule has 0 aromatic heterocycles. The van der Waals surface area contributed by atoms with Gasteiger partial charge in [-0.3, -0.25) is 14.7 Å². The number of hydrogen-bond donors (Lipinski definition) is 0. The van der Waals surface area contributed by atoms with Crippen molar-refractivity contribution in [2.75, 3.05) is 20.2 Å². The van der Waals surface area contributed by atoms with Crippen LogP contribution in [0.4, 0.5) is 0 Å². The van der Waals surface area contributed by atoms with Crippen LogP contribution in [0.25, 0.3) is 11.1 Å². The second kappa shape index (κ2) is 11.6. The second-order valence-electron chi connectivity index (χ2n) is 11.7. The molecule has 0 bridgehead atoms. The number of ether oxygens (including phenoxy) is 1. The van der Waals surface area contributed by atoms with Gasteiger partial charge in [0.25, 0.3) is 0 Å². The zero-order chi connectivity index (χ0) is 28.3. The highest BCUT2D eigenvalue weighted by Gasteiger charge is 2.47. The third kappa shape index (κ3) is 6.08. The molecule has 2 unspecified atom stereocenters. The summed E-state index contributed by atoms with van der Waals surface area (Å²) in [4.78, 5) is 34.2. The summed E-state index contributed by atoms with van der Waals surface area (Å²) in [6.45, 7) is 7.64. The van der Waals surface area contributed by atoms with E-state index in [0.717, 1.165) is 40.9 Å². The number of carbonyl (C=O) groups is 2. The Kier molecular flexibility index (Phi) is 8.00. The van der Waals surface area contributed by atoms with Crippen molar-refractivity contribution in [1.82, 2.24) is 4.90 Å². The highest BCUT2D eigenvalue weighted by atomic mass is 16.5. The fraction of sp³-hybridized carbons (Fsp3) is 0.343. The molecule has 1 saturated carbocycles. The number of rotatable bonds is 8. The van der Waals surface area contributed by atoms with Gasteiger partial charge in [-0.05, 0) is 66.3 Å². The first kappa shape index (κ1) is 27.6. The Morgan fingerprint density at radius 2 is 1.73 bits per heavy atom. The molecule has 40 heavy (non-hydrogen) atoms. The predicted molar refractivity (Wildman–Crippen MR) is 158 cm³/mol. The molecule has 1 fully saturated rings. The highest BCUT2D eigenvalue weighted by Crippen LogP contribution is 2.47. The number of carbonyl (C=O) groups excluding carboxylic acids is 2. The molecule has 3 aromatic rings. The maximum absolute atomic E-state index is 13.6. The SMILES string of the molecule is CC1=C(C(=O)OCCN(C)Cc2cc#ccc2)C(c2ccc(-c3ccccc3)cc2)C2C(=O)CC(C)(C)CC2=N1. The standard InChI is InChI=1S/C35H36N2O3/c1-24-31(34(39)40-20-19-37(4)23-25-11-7-5-8-12-25)32(33-29(36-24)21-35(2,3)22-30(33)38)28-17-15-27(16-18-28)26-13-9-6-10-14-26/h6-7,9-18,32-33H,19-23H2,1-4H3. The number of hydrogen-bond acceptors (Lipinski definition) is 5. The van der Waals surface area contributed by atoms with Crippen molar-refractivity contribution >= 4 is 17.5 Å². The number of fused-ring (bicyclic) bond motifs is 1. The van der Waals surface area contributed by atoms with Gasteiger partial charge >= 0.3 is 5.97 Å². The van der Waals surface area contributed by atoms with Crippen LogP contribution in [0, 0.1) is 23.5 Å². The molecule has 5 heteroatoms. The predicted octanol–water partition coefficient (Wildman–Crippen LogP) is 6.45. The Hall–Kier alpha value is -4.01. The second-order valence-corrected chi connectivity index (χ2v) is 11.7. The van der Waals surface area contributed by atoms with Crippen molar-refractivity contribution in [1.29, 1.82) is 0 Å². The molecular weight excluding hydrogens is 496 g/mol. The van der Waals surface area contributed by atoms with Gasteiger partial charge in [-0.25, -0.2) is 4.79 Å². The maximum Gasteiger partial charge on any atom is 0.336 e. The van der Waals surface area contributed by atoms with Gasteiger partial charge in [0, 0.05) is 36.8 Å². The van der Waals surface area contributed by atoms with Crippen LogP contribution in [-0.4, -0.2) is 42.6 Å². The van der Waals surface area contributed by atoms with E-state index in [4.69, 9.17) is 9.73 Å². The van der Waals surface area contributed by atoms with E-state index in [1.54, 1.807) is 0 Å². The Balaban J connectivity index is 1.40. The van der Waals surface area contributed by atoms with Crippen LogP contribution in [0.3, 0.4) is 0 Å². The summed E-state index contributed by atoms with van der Waals surface area (Å²) >= 11 is 0. The first-order chi connectivity index (χ1) is 19.2. The Bertz CT molecular complexity index is 1420. The lowest BCUT2D eigenvalue weighted by Gasteiger charge is -2.41. The van der Waals surface area contributed by atoms with Gasteiger partial charge in [-0.1, -0.05) is 80.6 Å². The number of nitrogens with zero attached hydrogens (tertiary/aromatic N) is 2. The number of aliphatic imine (C=N–C) groups is 1. The Morgan fingerprint density at radius 3 is 2.42 bits per heavy atom. The van der Waals surface area contributed by atoms with E-state index in [2.05, 4.69) is 55.1 Å². The minimum Gasteiger partial charge on any atom is -0.461 e. The van der Waals surface area contributed by atoms with E-state index in [-0.39, 0.29) is 17.8 Å². The molecule has 0 N–H and O–H groups in total. The van der Waals surface area contributed by atoms with E-state index in [9.17, 15) is 9.59 Å². The van der Waals surface area contributed by atoms with Crippen molar-refractivity contribution in [3.8, 4) is 11.1 Å². The molecule has 2 aliphatic rings. The largest absolute Gasteiger partial charge is 0.461 e. The van der Waals surface area contributed by atoms with Gasteiger partial charge < -0.3 is 4.74 Å². The normalized spacial score (nSPS) is 20.0. The van der Waals surface area contributed by atoms with Crippen LogP contribution >= 0.6 is 0 Å². The number of esters is 1. The van der Waals surface area contributed by atoms with E-state index in [0.29, 0.717) is 24.2 Å². The number of likely N-dealkylation sites (N-methyl/N-ethyl adjacent to an activating group) is 1. The number of allylic oxidation sites excluding steroid dienone is 1. The lowest BCUT2D eigenvalue weighted by Crippen LogP contribution is -2.44. The smallest absolute Gasteiger partial charge is 0.336 e. The van der Waals surface area contributed by atoms with E-state index < -0.39 is 17.8 Å². The van der Waals surface area contributed by atoms with Gasteiger partial charge in [-0.15, -0.1) is 0 Å². The average Bonchev–Trinajstić information content (AvgIpc) is 2.92. The molecule has 3 aromatic carbocycles. The van der Waals surface area contributed by atoms with Crippen molar-refractivity contribution in [2.45, 2.75) is 46.1 Å². The van der Waals surface area contributed by atoms with E-state index in [1.165, 1.54) is 0 Å². The first-order valence-corrected chi connectivity index (χ1v) is 13.9. The molecule has 0 radical (unpaired) electrons. The fourth-order valence-corrected chi connectivity index (χ4v) is 5.97. The third-order valence-electron chi connectivity index (χ3n) is 7.84. The van der Waals surface area contributed by atoms with Crippen molar-refractivity contribution < 1.29 is 14.3 Å². The molecule has 0 spiro atoms. The molecule has 1 heterocycles. The molecule has 0 amide bonds. The summed E-state index contributed by atoms with van der Waals surface area (Å²) in [5.74, 6) is -1.12. The van der Waals surface area contributed by atoms with Crippen LogP contribution in [0.1, 0.15) is 50.7 Å². The van der Waals surface area contributed by atoms with Crippen molar-refractivity contribution in [3.05, 3.63) is 107 Å². The van der Waals surface area contributed by atoms with Gasteiger partial charge in [0.1, 0.15) is 12.4 Å². The summed E-state index contributed by atoms with van der Waals surface area (Å²) in [7, 11) is 1.99. The van der Waals surface area contributed by atoms with Crippen LogP contribution in [0.2, 0.25) is 0 Å². The quantitative estimate of drug-likeness (QED) is 0.313. The lowest BCUT2D eigenvalue weighted by atomic mass is 9.63. The molecule has 204 valence electrons. The molecule has 2 atom stereocenters. The van der Waals surface area contributed by atoms with E-state index in [1.807, 2.05) is 62.5 Å². The number of ketones is 1. The molecule has 1 aliphatic carbocycles. The van der Waals surface area contributed by atoms with Gasteiger partial charge in [0.2, 0.25) is 0 Å². The minimum atomic E-state index is -0.448.